The molecule has 12 heteroatoms. The number of sulfone groups is 1. The standard InChI is InChI=1S/C16H17F3N4O4S/c1-28(26,27)14-9-11(4-5-13(14)23(24)25)21-7-2-3-12(10-21)22-8-6-15(20-22)16(17,18)19/h4-6,8-9,12H,2-3,7,10H2,1H3. The summed E-state index contributed by atoms with van der Waals surface area (Å²) in [5.74, 6) is 0. The van der Waals surface area contributed by atoms with Crippen molar-refractivity contribution < 1.29 is 26.5 Å². The topological polar surface area (TPSA) is 98.3 Å². The number of halogens is 3. The number of alkyl halides is 3. The number of anilines is 1. The Kier molecular flexibility index (Phi) is 5.08. The molecule has 1 aliphatic heterocycles. The second-order valence-corrected chi connectivity index (χ2v) is 8.59. The minimum absolute atomic E-state index is 0.306. The van der Waals surface area contributed by atoms with Crippen LogP contribution in [0.15, 0.2) is 35.4 Å². The highest BCUT2D eigenvalue weighted by atomic mass is 32.2. The summed E-state index contributed by atoms with van der Waals surface area (Å²) in [6, 6.07) is 4.39. The molecule has 28 heavy (non-hydrogen) atoms. The number of piperidine rings is 1. The van der Waals surface area contributed by atoms with E-state index in [9.17, 15) is 31.7 Å². The molecule has 1 atom stereocenters. The highest BCUT2D eigenvalue weighted by Crippen LogP contribution is 2.33. The number of hydrogen-bond acceptors (Lipinski definition) is 6. The van der Waals surface area contributed by atoms with Crippen LogP contribution < -0.4 is 4.90 Å². The molecule has 3 rings (SSSR count). The van der Waals surface area contributed by atoms with Gasteiger partial charge in [-0.2, -0.15) is 18.3 Å². The highest BCUT2D eigenvalue weighted by Gasteiger charge is 2.34. The smallest absolute Gasteiger partial charge is 0.369 e. The van der Waals surface area contributed by atoms with Gasteiger partial charge < -0.3 is 4.90 Å². The minimum Gasteiger partial charge on any atom is -0.369 e. The van der Waals surface area contributed by atoms with E-state index in [-0.39, 0.29) is 6.04 Å². The number of aromatic nitrogens is 2. The normalized spacial score (nSPS) is 18.3. The molecule has 0 aliphatic carbocycles. The van der Waals surface area contributed by atoms with Gasteiger partial charge in [-0.1, -0.05) is 0 Å². The second kappa shape index (κ2) is 7.08. The predicted molar refractivity (Wildman–Crippen MR) is 93.9 cm³/mol. The average molecular weight is 418 g/mol. The van der Waals surface area contributed by atoms with Gasteiger partial charge in [-0.05, 0) is 31.0 Å². The lowest BCUT2D eigenvalue weighted by atomic mass is 10.1. The van der Waals surface area contributed by atoms with Crippen molar-refractivity contribution in [3.05, 3.63) is 46.3 Å². The molecular formula is C16H17F3N4O4S. The molecule has 1 aromatic carbocycles. The average Bonchev–Trinajstić information content (AvgIpc) is 3.11. The minimum atomic E-state index is -4.53. The maximum atomic E-state index is 12.8. The fourth-order valence-electron chi connectivity index (χ4n) is 3.25. The maximum Gasteiger partial charge on any atom is 0.435 e. The first-order valence-corrected chi connectivity index (χ1v) is 10.2. The zero-order valence-corrected chi connectivity index (χ0v) is 15.6. The molecule has 0 N–H and O–H groups in total. The summed E-state index contributed by atoms with van der Waals surface area (Å²) in [5, 5.41) is 14.7. The Balaban J connectivity index is 1.88. The number of nitrogens with zero attached hydrogens (tertiary/aromatic N) is 4. The van der Waals surface area contributed by atoms with E-state index in [1.165, 1.54) is 23.0 Å². The fraction of sp³-hybridized carbons (Fsp3) is 0.438. The molecule has 0 amide bonds. The fourth-order valence-corrected chi connectivity index (χ4v) is 4.10. The highest BCUT2D eigenvalue weighted by molar-refractivity contribution is 7.90. The molecule has 0 saturated carbocycles. The monoisotopic (exact) mass is 418 g/mol. The van der Waals surface area contributed by atoms with Crippen LogP contribution in [0.2, 0.25) is 0 Å². The molecule has 8 nitrogen and oxygen atoms in total. The quantitative estimate of drug-likeness (QED) is 0.559. The lowest BCUT2D eigenvalue weighted by Crippen LogP contribution is -2.37. The molecule has 1 aliphatic rings. The SMILES string of the molecule is CS(=O)(=O)c1cc(N2CCCC(n3ccc(C(F)(F)F)n3)C2)ccc1[N+](=O)[O-]. The van der Waals surface area contributed by atoms with Crippen LogP contribution in [0.1, 0.15) is 24.6 Å². The predicted octanol–water partition coefficient (Wildman–Crippen LogP) is 3.06. The van der Waals surface area contributed by atoms with Crippen LogP contribution in [-0.4, -0.2) is 42.5 Å². The summed E-state index contributed by atoms with van der Waals surface area (Å²) in [6.45, 7) is 0.852. The van der Waals surface area contributed by atoms with Crippen molar-refractivity contribution in [1.82, 2.24) is 9.78 Å². The van der Waals surface area contributed by atoms with E-state index in [1.807, 2.05) is 0 Å². The van der Waals surface area contributed by atoms with Crippen molar-refractivity contribution >= 4 is 21.2 Å². The Morgan fingerprint density at radius 2 is 2.00 bits per heavy atom. The summed E-state index contributed by atoms with van der Waals surface area (Å²) in [6.07, 6.45) is -1.10. The Morgan fingerprint density at radius 3 is 2.57 bits per heavy atom. The van der Waals surface area contributed by atoms with Crippen LogP contribution in [0.5, 0.6) is 0 Å². The molecule has 1 unspecified atom stereocenters. The first-order valence-electron chi connectivity index (χ1n) is 8.32. The van der Waals surface area contributed by atoms with Crippen LogP contribution in [0.25, 0.3) is 0 Å². The van der Waals surface area contributed by atoms with Gasteiger partial charge in [-0.25, -0.2) is 8.42 Å². The van der Waals surface area contributed by atoms with E-state index in [0.29, 0.717) is 31.6 Å². The van der Waals surface area contributed by atoms with Gasteiger partial charge in [-0.3, -0.25) is 14.8 Å². The summed E-state index contributed by atoms with van der Waals surface area (Å²) >= 11 is 0. The zero-order valence-electron chi connectivity index (χ0n) is 14.8. The molecular weight excluding hydrogens is 401 g/mol. The molecule has 0 bridgehead atoms. The third-order valence-corrected chi connectivity index (χ3v) is 5.70. The van der Waals surface area contributed by atoms with Crippen LogP contribution in [0, 0.1) is 10.1 Å². The third kappa shape index (κ3) is 4.11. The van der Waals surface area contributed by atoms with Crippen molar-refractivity contribution in [1.29, 1.82) is 0 Å². The van der Waals surface area contributed by atoms with Crippen LogP contribution in [0.4, 0.5) is 24.5 Å². The van der Waals surface area contributed by atoms with Gasteiger partial charge in [0.25, 0.3) is 5.69 Å². The van der Waals surface area contributed by atoms with Gasteiger partial charge in [0.2, 0.25) is 0 Å². The second-order valence-electron chi connectivity index (χ2n) is 6.60. The lowest BCUT2D eigenvalue weighted by molar-refractivity contribution is -0.387. The number of nitro benzene ring substituents is 1. The van der Waals surface area contributed by atoms with Crippen LogP contribution >= 0.6 is 0 Å². The van der Waals surface area contributed by atoms with Crippen LogP contribution in [-0.2, 0) is 16.0 Å². The van der Waals surface area contributed by atoms with Gasteiger partial charge in [0.05, 0.1) is 11.0 Å². The molecule has 0 radical (unpaired) electrons. The molecule has 152 valence electrons. The van der Waals surface area contributed by atoms with E-state index in [4.69, 9.17) is 0 Å². The molecule has 1 aromatic heterocycles. The van der Waals surface area contributed by atoms with Gasteiger partial charge in [-0.15, -0.1) is 0 Å². The van der Waals surface area contributed by atoms with Gasteiger partial charge in [0.1, 0.15) is 4.90 Å². The van der Waals surface area contributed by atoms with Gasteiger partial charge in [0, 0.05) is 37.3 Å². The number of benzene rings is 1. The van der Waals surface area contributed by atoms with Crippen molar-refractivity contribution in [2.75, 3.05) is 24.2 Å². The molecule has 2 heterocycles. The van der Waals surface area contributed by atoms with E-state index in [0.717, 1.165) is 18.4 Å². The third-order valence-electron chi connectivity index (χ3n) is 4.57. The molecule has 0 spiro atoms. The van der Waals surface area contributed by atoms with Gasteiger partial charge in [0.15, 0.2) is 15.5 Å². The van der Waals surface area contributed by atoms with Gasteiger partial charge >= 0.3 is 6.18 Å². The van der Waals surface area contributed by atoms with E-state index in [2.05, 4.69) is 5.10 Å². The van der Waals surface area contributed by atoms with E-state index in [1.54, 1.807) is 4.90 Å². The summed E-state index contributed by atoms with van der Waals surface area (Å²) in [4.78, 5) is 11.7. The maximum absolute atomic E-state index is 12.8. The number of hydrogen-bond donors (Lipinski definition) is 0. The lowest BCUT2D eigenvalue weighted by Gasteiger charge is -2.34. The van der Waals surface area contributed by atoms with Crippen molar-refractivity contribution in [3.8, 4) is 0 Å². The Bertz CT molecular complexity index is 1000. The van der Waals surface area contributed by atoms with Crippen molar-refractivity contribution in [2.45, 2.75) is 30.0 Å². The Morgan fingerprint density at radius 1 is 1.29 bits per heavy atom. The Hall–Kier alpha value is -2.63. The summed E-state index contributed by atoms with van der Waals surface area (Å²) in [5.41, 5.74) is -1.03. The number of rotatable bonds is 4. The molecule has 1 saturated heterocycles. The largest absolute Gasteiger partial charge is 0.435 e. The summed E-state index contributed by atoms with van der Waals surface area (Å²) in [7, 11) is -3.83. The van der Waals surface area contributed by atoms with Crippen LogP contribution in [0.3, 0.4) is 0 Å². The molecule has 2 aromatic rings. The zero-order chi connectivity index (χ0) is 20.7. The van der Waals surface area contributed by atoms with E-state index < -0.39 is 37.2 Å². The number of nitro groups is 1. The first-order chi connectivity index (χ1) is 13.0. The summed E-state index contributed by atoms with van der Waals surface area (Å²) < 4.78 is 63.4. The first kappa shape index (κ1) is 20.1. The molecule has 1 fully saturated rings. The van der Waals surface area contributed by atoms with Crippen molar-refractivity contribution in [2.24, 2.45) is 0 Å². The Labute approximate surface area is 158 Å². The van der Waals surface area contributed by atoms with E-state index >= 15 is 0 Å². The van der Waals surface area contributed by atoms with Crippen molar-refractivity contribution in [3.63, 3.8) is 0 Å².